The second-order valence-corrected chi connectivity index (χ2v) is 26.5. The lowest BCUT2D eigenvalue weighted by molar-refractivity contribution is -0.150. The number of nitrogens with one attached hydrogen (secondary N) is 5. The first-order valence-electron chi connectivity index (χ1n) is 31.5. The molecule has 2 saturated carbocycles. The largest absolute Gasteiger partial charge is 0.479 e. The fraction of sp³-hybridized carbons (Fsp3) is 0.615. The molecule has 10 rings (SSSR count). The van der Waals surface area contributed by atoms with E-state index in [0.717, 1.165) is 56.2 Å². The number of carboxylic acid groups (broad SMARTS) is 1. The number of esters is 1. The number of benzene rings is 2. The Hall–Kier alpha value is -7.67. The van der Waals surface area contributed by atoms with Crippen LogP contribution in [0.15, 0.2) is 60.7 Å². The lowest BCUT2D eigenvalue weighted by Gasteiger charge is -2.30. The monoisotopic (exact) mass is 1260 g/mol. The maximum Gasteiger partial charge on any atom is 0.410 e. The van der Waals surface area contributed by atoms with Crippen molar-refractivity contribution < 1.29 is 81.1 Å². The molecule has 25 heteroatoms. The number of hydrogen-bond acceptors (Lipinski definition) is 15. The van der Waals surface area contributed by atoms with Gasteiger partial charge >= 0.3 is 30.2 Å². The smallest absolute Gasteiger partial charge is 0.410 e. The van der Waals surface area contributed by atoms with Gasteiger partial charge in [0.25, 0.3) is 0 Å². The van der Waals surface area contributed by atoms with Gasteiger partial charge in [-0.3, -0.25) is 24.1 Å². The highest BCUT2D eigenvalue weighted by Gasteiger charge is 2.63. The highest BCUT2D eigenvalue weighted by molar-refractivity contribution is 5.98. The van der Waals surface area contributed by atoms with Crippen molar-refractivity contribution in [3.8, 4) is 0 Å². The summed E-state index contributed by atoms with van der Waals surface area (Å²) < 4.78 is 48.9. The molecule has 7 N–H and O–H groups in total. The van der Waals surface area contributed by atoms with Crippen molar-refractivity contribution in [2.24, 2.45) is 11.8 Å². The SMILES string of the molecule is CC(C)(C)OC(=O)N[C@H]1CCCCC/C=C\[C@@H]2C[C@@]2(C(=O)O)NC(=O)[C@@H]2C[C@@H](OC(=O)N3Cc4cccc(F)c4C3)CN2C1=O.CCOC(=O)[C@@]12C[C@H]1/C=C\CCCCC[C@H](NC(=O)OC(C)(C)C)C(=O)N1C[C@H](O)C[C@H]1C(=O)N2.Fc1cccc2c1CNC2. The Morgan fingerprint density at radius 2 is 1.19 bits per heavy atom. The van der Waals surface area contributed by atoms with Crippen LogP contribution in [-0.4, -0.2) is 157 Å². The first-order chi connectivity index (χ1) is 42.6. The quantitative estimate of drug-likeness (QED) is 0.0884. The van der Waals surface area contributed by atoms with Gasteiger partial charge in [-0.15, -0.1) is 0 Å². The van der Waals surface area contributed by atoms with Gasteiger partial charge in [-0.05, 0) is 123 Å². The number of allylic oxidation sites excluding steroid dienone is 2. The summed E-state index contributed by atoms with van der Waals surface area (Å²) in [6, 6.07) is 5.82. The molecule has 6 heterocycles. The molecule has 4 fully saturated rings. The highest BCUT2D eigenvalue weighted by Crippen LogP contribution is 2.47. The molecular weight excluding hydrogens is 1170 g/mol. The third kappa shape index (κ3) is 17.2. The number of hydrogen-bond donors (Lipinski definition) is 7. The Kier molecular flexibility index (Phi) is 22.1. The predicted octanol–water partition coefficient (Wildman–Crippen LogP) is 6.85. The summed E-state index contributed by atoms with van der Waals surface area (Å²) in [6.07, 6.45) is 11.2. The molecule has 10 atom stereocenters. The molecule has 8 aliphatic rings. The third-order valence-electron chi connectivity index (χ3n) is 17.2. The zero-order chi connectivity index (χ0) is 65.3. The summed E-state index contributed by atoms with van der Waals surface area (Å²) in [4.78, 5) is 122. The predicted molar refractivity (Wildman–Crippen MR) is 322 cm³/mol. The molecule has 0 unspecified atom stereocenters. The van der Waals surface area contributed by atoms with Gasteiger partial charge in [0.15, 0.2) is 0 Å². The van der Waals surface area contributed by atoms with E-state index in [2.05, 4.69) is 26.6 Å². The molecule has 0 spiro atoms. The van der Waals surface area contributed by atoms with Crippen molar-refractivity contribution in [2.45, 2.75) is 223 Å². The Bertz CT molecular complexity index is 3080. The normalized spacial score (nSPS) is 29.1. The van der Waals surface area contributed by atoms with Crippen LogP contribution < -0.4 is 26.6 Å². The topological polar surface area (TPSA) is 301 Å². The summed E-state index contributed by atoms with van der Waals surface area (Å²) in [5.74, 6) is -4.91. The number of carboxylic acids is 1. The Labute approximate surface area is 523 Å². The van der Waals surface area contributed by atoms with Crippen molar-refractivity contribution in [3.05, 3.63) is 94.6 Å². The van der Waals surface area contributed by atoms with Crippen LogP contribution in [0.2, 0.25) is 0 Å². The molecule has 6 aliphatic heterocycles. The molecule has 23 nitrogen and oxygen atoms in total. The van der Waals surface area contributed by atoms with Crippen molar-refractivity contribution in [1.29, 1.82) is 0 Å². The summed E-state index contributed by atoms with van der Waals surface area (Å²) >= 11 is 0. The molecule has 90 heavy (non-hydrogen) atoms. The number of nitrogens with zero attached hydrogens (tertiary/aromatic N) is 3. The van der Waals surface area contributed by atoms with Gasteiger partial charge in [0.2, 0.25) is 23.6 Å². The average molecular weight is 1260 g/mol. The van der Waals surface area contributed by atoms with Crippen LogP contribution in [0.25, 0.3) is 0 Å². The number of alkyl carbamates (subject to hydrolysis) is 2. The maximum absolute atomic E-state index is 14.3. The van der Waals surface area contributed by atoms with Crippen molar-refractivity contribution in [1.82, 2.24) is 41.3 Å². The number of carbonyl (C=O) groups is 9. The van der Waals surface area contributed by atoms with Crippen molar-refractivity contribution >= 4 is 53.8 Å². The van der Waals surface area contributed by atoms with E-state index < -0.39 is 118 Å². The third-order valence-corrected chi connectivity index (χ3v) is 17.2. The summed E-state index contributed by atoms with van der Waals surface area (Å²) in [5.41, 5.74) is -1.17. The van der Waals surface area contributed by atoms with E-state index >= 15 is 0 Å². The first-order valence-corrected chi connectivity index (χ1v) is 31.5. The Morgan fingerprint density at radius 1 is 0.667 bits per heavy atom. The van der Waals surface area contributed by atoms with Crippen LogP contribution >= 0.6 is 0 Å². The number of carbonyl (C=O) groups excluding carboxylic acids is 8. The lowest BCUT2D eigenvalue weighted by Crippen LogP contribution is -2.56. The second-order valence-electron chi connectivity index (χ2n) is 26.5. The number of aliphatic hydroxyl groups is 1. The molecule has 2 aromatic rings. The number of aliphatic hydroxyl groups excluding tert-OH is 1. The molecule has 0 aromatic heterocycles. The van der Waals surface area contributed by atoms with Gasteiger partial charge < -0.3 is 65.5 Å². The van der Waals surface area contributed by atoms with E-state index in [1.54, 1.807) is 66.7 Å². The van der Waals surface area contributed by atoms with Crippen LogP contribution in [0.5, 0.6) is 0 Å². The van der Waals surface area contributed by atoms with Gasteiger partial charge in [-0.2, -0.15) is 0 Å². The summed E-state index contributed by atoms with van der Waals surface area (Å²) in [6.45, 7) is 13.7. The minimum absolute atomic E-state index is 0.0258. The standard InChI is InChI=1S/C32H41FN4O8.C25H39N3O7.C8H8FN/c1-31(2,3)45-29(42)34-24-13-8-6-4-5-7-11-20-15-32(20,28(40)41)35-26(38)25-14-21(17-37(25)27(24)39)44-30(43)36-16-19-10-9-12-23(33)22(19)18-36;1-5-34-22(32)25-14-16(25)11-9-7-6-8-10-12-18(26-23(33)35-24(2,3)4)21(31)28-15-17(29)13-19(28)20(30)27-25;9-8-3-1-2-6-4-10-5-7(6)8/h7,9-12,20-21,24-25H,4-6,8,13-18H2,1-3H3,(H,34,42)(H,35,38)(H,40,41);9,11,16-19,29H,5-8,10,12-15H2,1-4H3,(H,26,33)(H,27,30);1-3,10H,4-5H2/b11-7-;11-9-;/t20-,21-,24+,25+,32-;16-,17-,18+,19+,25-;/m11./s1. The minimum atomic E-state index is -1.49. The number of aliphatic carboxylic acids is 1. The van der Waals surface area contributed by atoms with Crippen LogP contribution in [0.3, 0.4) is 0 Å². The maximum atomic E-state index is 14.3. The Morgan fingerprint density at radius 3 is 1.73 bits per heavy atom. The average Bonchev–Trinajstić information content (AvgIpc) is 1.60. The Balaban J connectivity index is 0.000000205. The molecule has 0 radical (unpaired) electrons. The van der Waals surface area contributed by atoms with E-state index in [-0.39, 0.29) is 76.1 Å². The number of amides is 7. The van der Waals surface area contributed by atoms with Crippen LogP contribution in [0.4, 0.5) is 23.2 Å². The van der Waals surface area contributed by atoms with E-state index in [4.69, 9.17) is 18.9 Å². The summed E-state index contributed by atoms with van der Waals surface area (Å²) in [7, 11) is 0. The van der Waals surface area contributed by atoms with Crippen LogP contribution in [0, 0.1) is 23.5 Å². The molecule has 0 bridgehead atoms. The fourth-order valence-electron chi connectivity index (χ4n) is 12.4. The van der Waals surface area contributed by atoms with Crippen molar-refractivity contribution in [3.63, 3.8) is 0 Å². The lowest BCUT2D eigenvalue weighted by atomic mass is 10.0. The molecule has 492 valence electrons. The zero-order valence-corrected chi connectivity index (χ0v) is 52.5. The molecule has 2 aliphatic carbocycles. The number of rotatable bonds is 6. The van der Waals surface area contributed by atoms with Gasteiger partial charge in [-0.25, -0.2) is 32.8 Å². The molecule has 7 amide bonds. The van der Waals surface area contributed by atoms with Gasteiger partial charge in [0.05, 0.1) is 25.8 Å². The van der Waals surface area contributed by atoms with Crippen LogP contribution in [-0.2, 0) is 73.9 Å². The summed E-state index contributed by atoms with van der Waals surface area (Å²) in [5, 5.41) is 34.3. The zero-order valence-electron chi connectivity index (χ0n) is 52.5. The molecular formula is C65H88F2N8O15. The van der Waals surface area contributed by atoms with Gasteiger partial charge in [0, 0.05) is 62.0 Å². The highest BCUT2D eigenvalue weighted by atomic mass is 19.1. The first kappa shape index (κ1) is 68.2. The van der Waals surface area contributed by atoms with Crippen molar-refractivity contribution in [2.75, 3.05) is 19.7 Å². The van der Waals surface area contributed by atoms with Gasteiger partial charge in [-0.1, -0.05) is 74.3 Å². The van der Waals surface area contributed by atoms with E-state index in [9.17, 15) is 62.1 Å². The number of halogens is 2. The van der Waals surface area contributed by atoms with E-state index in [0.29, 0.717) is 43.4 Å². The van der Waals surface area contributed by atoms with E-state index in [1.165, 1.54) is 26.8 Å². The van der Waals surface area contributed by atoms with E-state index in [1.807, 2.05) is 30.4 Å². The minimum Gasteiger partial charge on any atom is -0.479 e. The number of fused-ring (bicyclic) bond motifs is 6. The fourth-order valence-corrected chi connectivity index (χ4v) is 12.4. The number of ether oxygens (including phenoxy) is 4. The molecule has 2 aromatic carbocycles. The molecule has 2 saturated heterocycles. The van der Waals surface area contributed by atoms with Gasteiger partial charge in [0.1, 0.15) is 64.2 Å². The van der Waals surface area contributed by atoms with Crippen LogP contribution in [0.1, 0.15) is 161 Å². The second kappa shape index (κ2) is 29.1.